The minimum absolute atomic E-state index is 0.398. The van der Waals surface area contributed by atoms with E-state index in [0.717, 1.165) is 5.82 Å². The number of rotatable bonds is 1. The van der Waals surface area contributed by atoms with Crippen LogP contribution in [-0.4, -0.2) is 14.8 Å². The van der Waals surface area contributed by atoms with E-state index >= 15 is 0 Å². The maximum atomic E-state index is 5.78. The maximum absolute atomic E-state index is 5.78. The Morgan fingerprint density at radius 3 is 2.40 bits per heavy atom. The first kappa shape index (κ1) is 7.21. The van der Waals surface area contributed by atoms with E-state index in [1.807, 2.05) is 20.9 Å². The Hall–Kier alpha value is -0.900. The zero-order valence-electron chi connectivity index (χ0n) is 6.50. The van der Waals surface area contributed by atoms with Crippen LogP contribution in [0.1, 0.15) is 19.7 Å². The first-order valence-electron chi connectivity index (χ1n) is 3.15. The third kappa shape index (κ3) is 1.16. The standard InChI is InChI=1S/C6H12N4/c1-6(2,7)5-8-4-9-10(5)3/h4H,7H2,1-3H3. The van der Waals surface area contributed by atoms with Crippen molar-refractivity contribution in [3.63, 3.8) is 0 Å². The van der Waals surface area contributed by atoms with Crippen LogP contribution in [-0.2, 0) is 12.6 Å². The van der Waals surface area contributed by atoms with Gasteiger partial charge in [0.05, 0.1) is 5.54 Å². The average molecular weight is 140 g/mol. The largest absolute Gasteiger partial charge is 0.319 e. The Kier molecular flexibility index (Phi) is 1.48. The summed E-state index contributed by atoms with van der Waals surface area (Å²) in [6, 6.07) is 0. The summed E-state index contributed by atoms with van der Waals surface area (Å²) >= 11 is 0. The molecule has 0 saturated carbocycles. The Morgan fingerprint density at radius 2 is 2.20 bits per heavy atom. The molecule has 10 heavy (non-hydrogen) atoms. The van der Waals surface area contributed by atoms with Crippen molar-refractivity contribution in [1.82, 2.24) is 14.8 Å². The molecule has 0 radical (unpaired) electrons. The lowest BCUT2D eigenvalue weighted by Gasteiger charge is -2.16. The molecular weight excluding hydrogens is 128 g/mol. The molecule has 0 bridgehead atoms. The van der Waals surface area contributed by atoms with Gasteiger partial charge >= 0.3 is 0 Å². The molecule has 0 aromatic carbocycles. The molecule has 56 valence electrons. The summed E-state index contributed by atoms with van der Waals surface area (Å²) in [5.74, 6) is 0.799. The Labute approximate surface area is 60.1 Å². The van der Waals surface area contributed by atoms with Crippen LogP contribution in [0.5, 0.6) is 0 Å². The summed E-state index contributed by atoms with van der Waals surface area (Å²) in [4.78, 5) is 4.01. The van der Waals surface area contributed by atoms with E-state index in [1.165, 1.54) is 6.33 Å². The van der Waals surface area contributed by atoms with Crippen molar-refractivity contribution in [3.05, 3.63) is 12.2 Å². The van der Waals surface area contributed by atoms with Crippen molar-refractivity contribution < 1.29 is 0 Å². The molecule has 1 aromatic heterocycles. The molecule has 1 rings (SSSR count). The van der Waals surface area contributed by atoms with E-state index in [4.69, 9.17) is 5.73 Å². The number of hydrogen-bond donors (Lipinski definition) is 1. The quantitative estimate of drug-likeness (QED) is 0.597. The molecule has 2 N–H and O–H groups in total. The van der Waals surface area contributed by atoms with Gasteiger partial charge in [-0.3, -0.25) is 4.68 Å². The lowest BCUT2D eigenvalue weighted by Crippen LogP contribution is -2.32. The minimum Gasteiger partial charge on any atom is -0.319 e. The van der Waals surface area contributed by atoms with Gasteiger partial charge in [0, 0.05) is 7.05 Å². The average Bonchev–Trinajstić information content (AvgIpc) is 2.11. The predicted octanol–water partition coefficient (Wildman–Crippen LogP) is 0.00890. The minimum atomic E-state index is -0.398. The molecule has 0 unspecified atom stereocenters. The molecule has 0 spiro atoms. The van der Waals surface area contributed by atoms with Gasteiger partial charge in [-0.15, -0.1) is 0 Å². The maximum Gasteiger partial charge on any atom is 0.146 e. The van der Waals surface area contributed by atoms with Gasteiger partial charge in [0.25, 0.3) is 0 Å². The van der Waals surface area contributed by atoms with E-state index in [9.17, 15) is 0 Å². The van der Waals surface area contributed by atoms with Gasteiger partial charge < -0.3 is 5.73 Å². The van der Waals surface area contributed by atoms with Crippen molar-refractivity contribution in [3.8, 4) is 0 Å². The highest BCUT2D eigenvalue weighted by atomic mass is 15.3. The second kappa shape index (κ2) is 2.05. The molecule has 1 heterocycles. The Morgan fingerprint density at radius 1 is 1.60 bits per heavy atom. The highest BCUT2D eigenvalue weighted by molar-refractivity contribution is 4.98. The van der Waals surface area contributed by atoms with Crippen molar-refractivity contribution in [2.45, 2.75) is 19.4 Å². The van der Waals surface area contributed by atoms with Gasteiger partial charge in [-0.05, 0) is 13.8 Å². The molecule has 0 amide bonds. The van der Waals surface area contributed by atoms with Crippen molar-refractivity contribution >= 4 is 0 Å². The molecule has 0 aliphatic carbocycles. The first-order chi connectivity index (χ1) is 4.52. The first-order valence-corrected chi connectivity index (χ1v) is 3.15. The van der Waals surface area contributed by atoms with E-state index in [0.29, 0.717) is 0 Å². The topological polar surface area (TPSA) is 56.7 Å². The number of aryl methyl sites for hydroxylation is 1. The number of aromatic nitrogens is 3. The fourth-order valence-electron chi connectivity index (χ4n) is 0.880. The zero-order chi connectivity index (χ0) is 7.78. The molecule has 4 heteroatoms. The molecule has 4 nitrogen and oxygen atoms in total. The second-order valence-electron chi connectivity index (χ2n) is 2.93. The number of nitrogens with two attached hydrogens (primary N) is 1. The van der Waals surface area contributed by atoms with Crippen LogP contribution >= 0.6 is 0 Å². The van der Waals surface area contributed by atoms with E-state index < -0.39 is 5.54 Å². The fourth-order valence-corrected chi connectivity index (χ4v) is 0.880. The number of nitrogens with zero attached hydrogens (tertiary/aromatic N) is 3. The van der Waals surface area contributed by atoms with Crippen LogP contribution in [0.15, 0.2) is 6.33 Å². The van der Waals surface area contributed by atoms with Crippen molar-refractivity contribution in [2.75, 3.05) is 0 Å². The van der Waals surface area contributed by atoms with Crippen LogP contribution in [0.4, 0.5) is 0 Å². The summed E-state index contributed by atoms with van der Waals surface area (Å²) in [7, 11) is 1.83. The van der Waals surface area contributed by atoms with Crippen molar-refractivity contribution in [1.29, 1.82) is 0 Å². The summed E-state index contributed by atoms with van der Waals surface area (Å²) in [6.07, 6.45) is 1.50. The smallest absolute Gasteiger partial charge is 0.146 e. The summed E-state index contributed by atoms with van der Waals surface area (Å²) in [5.41, 5.74) is 5.38. The fraction of sp³-hybridized carbons (Fsp3) is 0.667. The van der Waals surface area contributed by atoms with Crippen LogP contribution in [0, 0.1) is 0 Å². The van der Waals surface area contributed by atoms with Crippen LogP contribution in [0.25, 0.3) is 0 Å². The van der Waals surface area contributed by atoms with Gasteiger partial charge in [-0.1, -0.05) is 0 Å². The molecule has 0 fully saturated rings. The summed E-state index contributed by atoms with van der Waals surface area (Å²) in [5, 5.41) is 3.91. The van der Waals surface area contributed by atoms with Gasteiger partial charge in [0.15, 0.2) is 0 Å². The van der Waals surface area contributed by atoms with E-state index in [1.54, 1.807) is 4.68 Å². The monoisotopic (exact) mass is 140 g/mol. The van der Waals surface area contributed by atoms with E-state index in [-0.39, 0.29) is 0 Å². The Balaban J connectivity index is 3.05. The van der Waals surface area contributed by atoms with Gasteiger partial charge in [-0.25, -0.2) is 4.98 Å². The van der Waals surface area contributed by atoms with E-state index in [2.05, 4.69) is 10.1 Å². The highest BCUT2D eigenvalue weighted by Crippen LogP contribution is 2.10. The molecule has 0 aliphatic heterocycles. The Bertz CT molecular complexity index is 220. The number of hydrogen-bond acceptors (Lipinski definition) is 3. The van der Waals surface area contributed by atoms with Crippen molar-refractivity contribution in [2.24, 2.45) is 12.8 Å². The van der Waals surface area contributed by atoms with Gasteiger partial charge in [0.1, 0.15) is 12.2 Å². The summed E-state index contributed by atoms with van der Waals surface area (Å²) in [6.45, 7) is 3.80. The molecule has 0 atom stereocenters. The molecule has 1 aromatic rings. The lowest BCUT2D eigenvalue weighted by atomic mass is 10.1. The van der Waals surface area contributed by atoms with Gasteiger partial charge in [0.2, 0.25) is 0 Å². The molecule has 0 saturated heterocycles. The van der Waals surface area contributed by atoms with Crippen LogP contribution in [0.3, 0.4) is 0 Å². The highest BCUT2D eigenvalue weighted by Gasteiger charge is 2.18. The summed E-state index contributed by atoms with van der Waals surface area (Å²) < 4.78 is 1.68. The second-order valence-corrected chi connectivity index (χ2v) is 2.93. The van der Waals surface area contributed by atoms with Crippen LogP contribution in [0.2, 0.25) is 0 Å². The lowest BCUT2D eigenvalue weighted by molar-refractivity contribution is 0.481. The SMILES string of the molecule is Cn1ncnc1C(C)(C)N. The van der Waals surface area contributed by atoms with Crippen LogP contribution < -0.4 is 5.73 Å². The third-order valence-electron chi connectivity index (χ3n) is 1.29. The molecular formula is C6H12N4. The zero-order valence-corrected chi connectivity index (χ0v) is 6.50. The predicted molar refractivity (Wildman–Crippen MR) is 38.2 cm³/mol. The normalized spacial score (nSPS) is 12.0. The van der Waals surface area contributed by atoms with Gasteiger partial charge in [-0.2, -0.15) is 5.10 Å². The molecule has 0 aliphatic rings. The third-order valence-corrected chi connectivity index (χ3v) is 1.29.